The van der Waals surface area contributed by atoms with E-state index in [1.165, 1.54) is 6.07 Å². The van der Waals surface area contributed by atoms with Crippen LogP contribution in [0.1, 0.15) is 10.4 Å². The first-order valence-electron chi connectivity index (χ1n) is 8.32. The zero-order valence-electron chi connectivity index (χ0n) is 15.0. The molecule has 0 bridgehead atoms. The van der Waals surface area contributed by atoms with Crippen LogP contribution in [0.4, 0.5) is 0 Å². The molecule has 164 valence electrons. The Morgan fingerprint density at radius 2 is 1.50 bits per heavy atom. The predicted molar refractivity (Wildman–Crippen MR) is 162 cm³/mol. The lowest BCUT2D eigenvalue weighted by atomic mass is 9.90. The molecule has 1 heterocycles. The van der Waals surface area contributed by atoms with Crippen LogP contribution in [0.5, 0.6) is 5.75 Å². The number of benzene rings is 3. The summed E-state index contributed by atoms with van der Waals surface area (Å²) in [4.78, 5) is 25.0. The van der Waals surface area contributed by atoms with Crippen LogP contribution in [0.2, 0.25) is 0 Å². The fraction of sp³-hybridized carbons (Fsp3) is 0. The molecule has 0 atom stereocenters. The van der Waals surface area contributed by atoms with E-state index in [1.807, 2.05) is 67.8 Å². The maximum atomic E-state index is 12.6. The first-order valence-corrected chi connectivity index (χ1v) is 14.7. The van der Waals surface area contributed by atoms with Gasteiger partial charge in [0, 0.05) is 46.0 Å². The molecule has 4 rings (SSSR count). The van der Waals surface area contributed by atoms with Gasteiger partial charge in [-0.25, -0.2) is 4.79 Å². The number of rotatable bonds is 2. The van der Waals surface area contributed by atoms with Crippen molar-refractivity contribution in [1.82, 2.24) is 0 Å². The SMILES string of the molecule is O=C(O)c1c(Br)c(Br)c(Br)c(Br)c1-c1c2cc(I)c(=O)c(I)c-2oc2cc(O)c(I)cc12. The molecular formula is C20H5Br4I3O5. The summed E-state index contributed by atoms with van der Waals surface area (Å²) < 4.78 is 9.51. The second-order valence-electron chi connectivity index (χ2n) is 6.47. The van der Waals surface area contributed by atoms with E-state index in [-0.39, 0.29) is 16.7 Å². The van der Waals surface area contributed by atoms with Crippen molar-refractivity contribution >= 4 is 148 Å². The summed E-state index contributed by atoms with van der Waals surface area (Å²) in [5, 5.41) is 21.0. The summed E-state index contributed by atoms with van der Waals surface area (Å²) >= 11 is 19.8. The summed E-state index contributed by atoms with van der Waals surface area (Å²) in [5.41, 5.74) is 1.71. The number of hydrogen-bond acceptors (Lipinski definition) is 4. The van der Waals surface area contributed by atoms with Crippen molar-refractivity contribution < 1.29 is 19.4 Å². The fourth-order valence-electron chi connectivity index (χ4n) is 3.28. The van der Waals surface area contributed by atoms with Gasteiger partial charge in [-0.2, -0.15) is 0 Å². The number of aromatic carboxylic acids is 1. The molecular weight excluding hydrogens is 1020 g/mol. The topological polar surface area (TPSA) is 87.7 Å². The van der Waals surface area contributed by atoms with Crippen molar-refractivity contribution in [2.75, 3.05) is 0 Å². The van der Waals surface area contributed by atoms with Crippen LogP contribution in [0.3, 0.4) is 0 Å². The molecule has 32 heavy (non-hydrogen) atoms. The molecule has 1 aliphatic heterocycles. The first-order chi connectivity index (χ1) is 15.0. The average molecular weight is 1030 g/mol. The van der Waals surface area contributed by atoms with Crippen LogP contribution in [0.25, 0.3) is 33.4 Å². The van der Waals surface area contributed by atoms with Gasteiger partial charge in [0.25, 0.3) is 0 Å². The average Bonchev–Trinajstić information content (AvgIpc) is 2.73. The summed E-state index contributed by atoms with van der Waals surface area (Å²) in [6.07, 6.45) is 0. The molecule has 0 saturated carbocycles. The molecule has 0 radical (unpaired) electrons. The molecule has 1 aliphatic carbocycles. The smallest absolute Gasteiger partial charge is 0.337 e. The van der Waals surface area contributed by atoms with E-state index in [2.05, 4.69) is 63.7 Å². The molecule has 0 saturated heterocycles. The Balaban J connectivity index is 2.39. The van der Waals surface area contributed by atoms with Gasteiger partial charge in [0.15, 0.2) is 5.76 Å². The minimum Gasteiger partial charge on any atom is -0.507 e. The summed E-state index contributed by atoms with van der Waals surface area (Å²) in [5.74, 6) is -0.801. The van der Waals surface area contributed by atoms with Crippen LogP contribution in [0.15, 0.2) is 45.3 Å². The van der Waals surface area contributed by atoms with Gasteiger partial charge < -0.3 is 14.6 Å². The van der Waals surface area contributed by atoms with Gasteiger partial charge in [0.2, 0.25) is 5.43 Å². The highest BCUT2D eigenvalue weighted by molar-refractivity contribution is 14.1. The molecule has 2 aromatic carbocycles. The highest BCUT2D eigenvalue weighted by Gasteiger charge is 2.31. The second-order valence-corrected chi connectivity index (χ2v) is 13.0. The van der Waals surface area contributed by atoms with E-state index >= 15 is 0 Å². The minimum atomic E-state index is -1.14. The molecule has 0 unspecified atom stereocenters. The largest absolute Gasteiger partial charge is 0.507 e. The zero-order valence-corrected chi connectivity index (χ0v) is 27.8. The van der Waals surface area contributed by atoms with E-state index in [0.717, 1.165) is 0 Å². The highest BCUT2D eigenvalue weighted by atomic mass is 127. The third-order valence-electron chi connectivity index (χ3n) is 4.66. The minimum absolute atomic E-state index is 0.0192. The van der Waals surface area contributed by atoms with Crippen molar-refractivity contribution in [3.63, 3.8) is 0 Å². The Morgan fingerprint density at radius 3 is 2.12 bits per heavy atom. The number of aromatic hydroxyl groups is 1. The van der Waals surface area contributed by atoms with Gasteiger partial charge in [-0.3, -0.25) is 4.79 Å². The predicted octanol–water partition coefficient (Wildman–Crippen LogP) is 8.83. The van der Waals surface area contributed by atoms with Crippen LogP contribution in [0, 0.1) is 10.7 Å². The van der Waals surface area contributed by atoms with Gasteiger partial charge in [0.1, 0.15) is 14.9 Å². The van der Waals surface area contributed by atoms with Crippen LogP contribution in [-0.4, -0.2) is 16.2 Å². The second kappa shape index (κ2) is 9.52. The molecule has 12 heteroatoms. The van der Waals surface area contributed by atoms with Crippen molar-refractivity contribution in [3.8, 4) is 28.2 Å². The van der Waals surface area contributed by atoms with E-state index < -0.39 is 5.97 Å². The van der Waals surface area contributed by atoms with E-state index in [1.54, 1.807) is 12.1 Å². The maximum absolute atomic E-state index is 12.6. The third-order valence-corrected chi connectivity index (χ3v) is 12.1. The lowest BCUT2D eigenvalue weighted by Gasteiger charge is -2.21. The van der Waals surface area contributed by atoms with Gasteiger partial charge in [-0.15, -0.1) is 0 Å². The number of halogens is 7. The van der Waals surface area contributed by atoms with Crippen molar-refractivity contribution in [2.45, 2.75) is 0 Å². The number of carbonyl (C=O) groups is 1. The van der Waals surface area contributed by atoms with Crippen LogP contribution in [-0.2, 0) is 0 Å². The first kappa shape index (κ1) is 25.6. The Bertz CT molecular complexity index is 1520. The number of carboxylic acids is 1. The molecule has 2 aliphatic rings. The molecule has 0 amide bonds. The molecule has 0 aromatic heterocycles. The molecule has 0 fully saturated rings. The highest BCUT2D eigenvalue weighted by Crippen LogP contribution is 2.51. The lowest BCUT2D eigenvalue weighted by Crippen LogP contribution is -2.12. The summed E-state index contributed by atoms with van der Waals surface area (Å²) in [7, 11) is 0. The van der Waals surface area contributed by atoms with E-state index in [9.17, 15) is 19.8 Å². The monoisotopic (exact) mass is 1020 g/mol. The zero-order chi connectivity index (χ0) is 23.6. The van der Waals surface area contributed by atoms with Gasteiger partial charge in [-0.05, 0) is 144 Å². The standard InChI is InChI=1S/C20H5Br4I3O5/c21-13-11(12(20(30)31)14(22)16(24)15(13)23)10-4-1-6(25)8(28)3-9(4)32-19-5(10)2-7(26)18(29)17(19)27/h1-3,28H,(H,30,31). The molecule has 5 nitrogen and oxygen atoms in total. The third kappa shape index (κ3) is 4.10. The summed E-state index contributed by atoms with van der Waals surface area (Å²) in [6, 6.07) is 4.90. The van der Waals surface area contributed by atoms with Crippen LogP contribution < -0.4 is 5.43 Å². The van der Waals surface area contributed by atoms with Crippen molar-refractivity contribution in [1.29, 1.82) is 0 Å². The normalized spacial score (nSPS) is 11.5. The maximum Gasteiger partial charge on any atom is 0.337 e. The van der Waals surface area contributed by atoms with Crippen molar-refractivity contribution in [3.05, 3.63) is 62.6 Å². The van der Waals surface area contributed by atoms with E-state index in [4.69, 9.17) is 4.42 Å². The van der Waals surface area contributed by atoms with Crippen molar-refractivity contribution in [2.24, 2.45) is 0 Å². The quantitative estimate of drug-likeness (QED) is 0.0908. The summed E-state index contributed by atoms with van der Waals surface area (Å²) in [6.45, 7) is 0. The van der Waals surface area contributed by atoms with E-state index in [0.29, 0.717) is 62.0 Å². The fourth-order valence-corrected chi connectivity index (χ4v) is 8.02. The number of phenols is 1. The molecule has 2 aromatic rings. The number of hydrogen-bond donors (Lipinski definition) is 2. The van der Waals surface area contributed by atoms with Gasteiger partial charge in [0.05, 0.1) is 12.7 Å². The number of fused-ring (bicyclic) bond motifs is 2. The number of carboxylic acid groups (broad SMARTS) is 1. The molecule has 2 N–H and O–H groups in total. The Morgan fingerprint density at radius 1 is 0.875 bits per heavy atom. The van der Waals surface area contributed by atoms with Gasteiger partial charge in [-0.1, -0.05) is 0 Å². The Hall–Kier alpha value is 0.510. The van der Waals surface area contributed by atoms with Gasteiger partial charge >= 0.3 is 5.97 Å². The number of phenolic OH excluding ortho intramolecular Hbond substituents is 1. The molecule has 0 spiro atoms. The lowest BCUT2D eigenvalue weighted by molar-refractivity contribution is 0.0696. The van der Waals surface area contributed by atoms with Crippen LogP contribution >= 0.6 is 131 Å². The Kier molecular flexibility index (Phi) is 7.61. The Labute approximate surface area is 255 Å².